The van der Waals surface area contributed by atoms with Crippen LogP contribution < -0.4 is 4.74 Å². The first kappa shape index (κ1) is 11.6. The molecule has 0 amide bonds. The Hall–Kier alpha value is -1.91. The summed E-state index contributed by atoms with van der Waals surface area (Å²) in [7, 11) is 0. The van der Waals surface area contributed by atoms with Gasteiger partial charge in [0.2, 0.25) is 0 Å². The molecule has 0 saturated carbocycles. The Balaban J connectivity index is 2.13. The molecule has 0 atom stereocenters. The number of ether oxygens (including phenoxy) is 1. The topological polar surface area (TPSA) is 35.3 Å². The summed E-state index contributed by atoms with van der Waals surface area (Å²) >= 11 is 0. The van der Waals surface area contributed by atoms with Crippen LogP contribution in [0, 0.1) is 25.5 Å². The maximum Gasteiger partial charge on any atom is 0.167 e. The number of hydrogen-bond acceptors (Lipinski definition) is 3. The minimum Gasteiger partial charge on any atom is -0.486 e. The first-order chi connectivity index (χ1) is 8.08. The highest BCUT2D eigenvalue weighted by Crippen LogP contribution is 2.20. The number of nitrogens with zero attached hydrogens (tertiary/aromatic N) is 1. The van der Waals surface area contributed by atoms with Crippen molar-refractivity contribution in [2.24, 2.45) is 0 Å². The van der Waals surface area contributed by atoms with E-state index in [9.17, 15) is 8.78 Å². The van der Waals surface area contributed by atoms with Gasteiger partial charge in [-0.2, -0.15) is 0 Å². The molecule has 17 heavy (non-hydrogen) atoms. The molecule has 0 saturated heterocycles. The number of aryl methyl sites for hydroxylation is 2. The highest BCUT2D eigenvalue weighted by Gasteiger charge is 2.11. The van der Waals surface area contributed by atoms with Gasteiger partial charge >= 0.3 is 0 Å². The molecular weight excluding hydrogens is 228 g/mol. The van der Waals surface area contributed by atoms with E-state index in [0.29, 0.717) is 11.5 Å². The van der Waals surface area contributed by atoms with Gasteiger partial charge in [-0.05, 0) is 26.0 Å². The number of benzene rings is 1. The van der Waals surface area contributed by atoms with E-state index in [1.807, 2.05) is 0 Å². The Morgan fingerprint density at radius 3 is 2.65 bits per heavy atom. The first-order valence-corrected chi connectivity index (χ1v) is 5.07. The molecule has 0 aliphatic heterocycles. The first-order valence-electron chi connectivity index (χ1n) is 5.07. The second-order valence-corrected chi connectivity index (χ2v) is 3.67. The lowest BCUT2D eigenvalue weighted by Crippen LogP contribution is -1.99. The Morgan fingerprint density at radius 2 is 2.06 bits per heavy atom. The summed E-state index contributed by atoms with van der Waals surface area (Å²) in [6.07, 6.45) is 0. The van der Waals surface area contributed by atoms with Gasteiger partial charge in [0.05, 0.1) is 11.3 Å². The lowest BCUT2D eigenvalue weighted by molar-refractivity contribution is 0.285. The van der Waals surface area contributed by atoms with Gasteiger partial charge in [-0.25, -0.2) is 8.78 Å². The molecule has 0 aliphatic carbocycles. The van der Waals surface area contributed by atoms with Crippen molar-refractivity contribution in [1.82, 2.24) is 5.16 Å². The van der Waals surface area contributed by atoms with E-state index in [1.54, 1.807) is 13.8 Å². The van der Waals surface area contributed by atoms with Crippen LogP contribution in [0.3, 0.4) is 0 Å². The summed E-state index contributed by atoms with van der Waals surface area (Å²) in [4.78, 5) is 0. The van der Waals surface area contributed by atoms with Crippen LogP contribution in [0.1, 0.15) is 17.0 Å². The van der Waals surface area contributed by atoms with Crippen LogP contribution in [0.15, 0.2) is 22.7 Å². The fourth-order valence-corrected chi connectivity index (χ4v) is 1.45. The third kappa shape index (κ3) is 2.43. The maximum absolute atomic E-state index is 13.3. The Labute approximate surface area is 97.0 Å². The van der Waals surface area contributed by atoms with Crippen molar-refractivity contribution in [2.75, 3.05) is 0 Å². The van der Waals surface area contributed by atoms with E-state index in [-0.39, 0.29) is 12.4 Å². The minimum atomic E-state index is -0.725. The van der Waals surface area contributed by atoms with Gasteiger partial charge in [-0.15, -0.1) is 0 Å². The summed E-state index contributed by atoms with van der Waals surface area (Å²) in [6.45, 7) is 3.67. The zero-order valence-electron chi connectivity index (χ0n) is 9.46. The smallest absolute Gasteiger partial charge is 0.167 e. The molecule has 0 N–H and O–H groups in total. The van der Waals surface area contributed by atoms with Crippen molar-refractivity contribution >= 4 is 0 Å². The van der Waals surface area contributed by atoms with Crippen molar-refractivity contribution in [2.45, 2.75) is 20.5 Å². The van der Waals surface area contributed by atoms with Crippen LogP contribution in [-0.2, 0) is 6.61 Å². The fraction of sp³-hybridized carbons (Fsp3) is 0.250. The molecular formula is C12H11F2NO2. The monoisotopic (exact) mass is 239 g/mol. The van der Waals surface area contributed by atoms with Gasteiger partial charge < -0.3 is 9.26 Å². The molecule has 1 aromatic carbocycles. The van der Waals surface area contributed by atoms with Gasteiger partial charge in [-0.3, -0.25) is 0 Å². The second-order valence-electron chi connectivity index (χ2n) is 3.67. The predicted octanol–water partition coefficient (Wildman–Crippen LogP) is 3.15. The molecule has 0 unspecified atom stereocenters. The van der Waals surface area contributed by atoms with E-state index >= 15 is 0 Å². The van der Waals surface area contributed by atoms with Crippen molar-refractivity contribution < 1.29 is 18.0 Å². The highest BCUT2D eigenvalue weighted by molar-refractivity contribution is 5.26. The highest BCUT2D eigenvalue weighted by atomic mass is 19.1. The van der Waals surface area contributed by atoms with E-state index in [4.69, 9.17) is 9.26 Å². The Morgan fingerprint density at radius 1 is 1.29 bits per heavy atom. The van der Waals surface area contributed by atoms with E-state index in [1.165, 1.54) is 6.07 Å². The zero-order valence-corrected chi connectivity index (χ0v) is 9.46. The molecule has 0 fully saturated rings. The third-order valence-electron chi connectivity index (χ3n) is 2.45. The van der Waals surface area contributed by atoms with Gasteiger partial charge in [0.1, 0.15) is 18.2 Å². The van der Waals surface area contributed by atoms with Gasteiger partial charge in [0, 0.05) is 6.07 Å². The molecule has 1 aromatic heterocycles. The zero-order chi connectivity index (χ0) is 12.4. The molecule has 0 bridgehead atoms. The summed E-state index contributed by atoms with van der Waals surface area (Å²) in [5.41, 5.74) is 1.47. The molecule has 2 rings (SSSR count). The van der Waals surface area contributed by atoms with Crippen molar-refractivity contribution in [3.05, 3.63) is 46.9 Å². The molecule has 2 aromatic rings. The average Bonchev–Trinajstić information content (AvgIpc) is 2.58. The number of rotatable bonds is 3. The molecule has 0 radical (unpaired) electrons. The van der Waals surface area contributed by atoms with E-state index in [2.05, 4.69) is 5.16 Å². The van der Waals surface area contributed by atoms with Crippen LogP contribution >= 0.6 is 0 Å². The van der Waals surface area contributed by atoms with Crippen molar-refractivity contribution in [3.8, 4) is 5.75 Å². The maximum atomic E-state index is 13.3. The number of hydrogen-bond donors (Lipinski definition) is 0. The Bertz CT molecular complexity index is 518. The van der Waals surface area contributed by atoms with Gasteiger partial charge in [-0.1, -0.05) is 5.16 Å². The van der Waals surface area contributed by atoms with Crippen LogP contribution in [0.25, 0.3) is 0 Å². The molecule has 5 heteroatoms. The fourth-order valence-electron chi connectivity index (χ4n) is 1.45. The summed E-state index contributed by atoms with van der Waals surface area (Å²) in [6, 6.07) is 3.18. The number of aromatic nitrogens is 1. The van der Waals surface area contributed by atoms with Crippen LogP contribution in [0.2, 0.25) is 0 Å². The van der Waals surface area contributed by atoms with E-state index in [0.717, 1.165) is 17.7 Å². The summed E-state index contributed by atoms with van der Waals surface area (Å²) in [5, 5.41) is 3.76. The average molecular weight is 239 g/mol. The summed E-state index contributed by atoms with van der Waals surface area (Å²) < 4.78 is 36.2. The second kappa shape index (κ2) is 4.53. The van der Waals surface area contributed by atoms with Crippen LogP contribution in [0.4, 0.5) is 8.78 Å². The van der Waals surface area contributed by atoms with Gasteiger partial charge in [0.25, 0.3) is 0 Å². The molecule has 90 valence electrons. The lowest BCUT2D eigenvalue weighted by Gasteiger charge is -2.06. The Kier molecular flexibility index (Phi) is 3.08. The quantitative estimate of drug-likeness (QED) is 0.825. The number of halogens is 2. The lowest BCUT2D eigenvalue weighted by atomic mass is 10.2. The van der Waals surface area contributed by atoms with Crippen molar-refractivity contribution in [3.63, 3.8) is 0 Å². The molecule has 0 spiro atoms. The minimum absolute atomic E-state index is 0.00593. The molecule has 3 nitrogen and oxygen atoms in total. The van der Waals surface area contributed by atoms with E-state index < -0.39 is 11.6 Å². The SMILES string of the molecule is Cc1noc(C)c1COc1ccc(F)cc1F. The molecule has 0 aliphatic rings. The molecule has 1 heterocycles. The summed E-state index contributed by atoms with van der Waals surface area (Å²) in [5.74, 6) is -0.722. The predicted molar refractivity (Wildman–Crippen MR) is 56.7 cm³/mol. The van der Waals surface area contributed by atoms with Crippen LogP contribution in [0.5, 0.6) is 5.75 Å². The largest absolute Gasteiger partial charge is 0.486 e. The normalized spacial score (nSPS) is 10.6. The van der Waals surface area contributed by atoms with Gasteiger partial charge in [0.15, 0.2) is 11.6 Å². The van der Waals surface area contributed by atoms with Crippen molar-refractivity contribution in [1.29, 1.82) is 0 Å². The van der Waals surface area contributed by atoms with Crippen LogP contribution in [-0.4, -0.2) is 5.16 Å². The standard InChI is InChI=1S/C12H11F2NO2/c1-7-10(8(2)17-15-7)6-16-12-4-3-9(13)5-11(12)14/h3-5H,6H2,1-2H3. The third-order valence-corrected chi connectivity index (χ3v) is 2.45.